The standard InChI is InChI=1S/C45H37N3/c1-6-15-33(25-30(3)44-46-40(31-17-8-7-9-18-31)28-41(47-44)32-19-14-16-29(2)24-32)48-42-23-13-11-21-35(42)37-26-39-36(27-43(37)48)34-20-10-12-22-38(34)45(39,4)5/h6-28H,1H2,2-5H3/b30-25+,33-15+. The Bertz CT molecular complexity index is 2450. The van der Waals surface area contributed by atoms with Gasteiger partial charge in [0.05, 0.1) is 22.4 Å². The lowest BCUT2D eigenvalue weighted by atomic mass is 9.82. The summed E-state index contributed by atoms with van der Waals surface area (Å²) in [6.07, 6.45) is 6.15. The predicted octanol–water partition coefficient (Wildman–Crippen LogP) is 11.7. The molecule has 8 rings (SSSR count). The zero-order valence-corrected chi connectivity index (χ0v) is 27.8. The molecule has 0 fully saturated rings. The Hall–Kier alpha value is -5.80. The molecule has 0 N–H and O–H groups in total. The van der Waals surface area contributed by atoms with E-state index in [2.05, 4.69) is 166 Å². The third kappa shape index (κ3) is 4.82. The number of hydrogen-bond acceptors (Lipinski definition) is 2. The molecule has 0 radical (unpaired) electrons. The lowest BCUT2D eigenvalue weighted by Crippen LogP contribution is -2.14. The molecular weight excluding hydrogens is 583 g/mol. The molecule has 3 heteroatoms. The number of hydrogen-bond donors (Lipinski definition) is 0. The van der Waals surface area contributed by atoms with E-state index in [-0.39, 0.29) is 5.41 Å². The van der Waals surface area contributed by atoms with Crippen LogP contribution in [0.1, 0.15) is 43.3 Å². The molecule has 0 amide bonds. The summed E-state index contributed by atoms with van der Waals surface area (Å²) < 4.78 is 2.37. The first-order valence-electron chi connectivity index (χ1n) is 16.5. The topological polar surface area (TPSA) is 30.7 Å². The highest BCUT2D eigenvalue weighted by atomic mass is 15.0. The minimum Gasteiger partial charge on any atom is -0.309 e. The molecule has 0 unspecified atom stereocenters. The first-order valence-corrected chi connectivity index (χ1v) is 16.5. The summed E-state index contributed by atoms with van der Waals surface area (Å²) in [5.41, 5.74) is 14.7. The minimum atomic E-state index is -0.0737. The molecule has 1 aliphatic rings. The monoisotopic (exact) mass is 619 g/mol. The van der Waals surface area contributed by atoms with E-state index in [4.69, 9.17) is 9.97 Å². The van der Waals surface area contributed by atoms with Crippen molar-refractivity contribution in [2.75, 3.05) is 0 Å². The molecule has 48 heavy (non-hydrogen) atoms. The Balaban J connectivity index is 1.34. The average molecular weight is 620 g/mol. The summed E-state index contributed by atoms with van der Waals surface area (Å²) in [7, 11) is 0. The van der Waals surface area contributed by atoms with Gasteiger partial charge in [-0.1, -0.05) is 123 Å². The molecule has 1 aliphatic carbocycles. The quantitative estimate of drug-likeness (QED) is 0.173. The van der Waals surface area contributed by atoms with Crippen LogP contribution in [0, 0.1) is 6.92 Å². The van der Waals surface area contributed by atoms with Crippen molar-refractivity contribution in [2.45, 2.75) is 33.1 Å². The highest BCUT2D eigenvalue weighted by molar-refractivity contribution is 6.12. The van der Waals surface area contributed by atoms with Crippen LogP contribution in [0.3, 0.4) is 0 Å². The maximum Gasteiger partial charge on any atom is 0.156 e. The van der Waals surface area contributed by atoms with Crippen molar-refractivity contribution in [2.24, 2.45) is 0 Å². The van der Waals surface area contributed by atoms with E-state index >= 15 is 0 Å². The predicted molar refractivity (Wildman–Crippen MR) is 203 cm³/mol. The second kappa shape index (κ2) is 11.5. The van der Waals surface area contributed by atoms with Gasteiger partial charge in [-0.3, -0.25) is 0 Å². The number of para-hydroxylation sites is 1. The Morgan fingerprint density at radius 2 is 1.38 bits per heavy atom. The SMILES string of the molecule is C=C/C=C(\C=C(/C)c1nc(-c2ccccc2)cc(-c2cccc(C)c2)n1)n1c2ccccc2c2cc3c(cc21)-c1ccccc1C3(C)C. The zero-order chi connectivity index (χ0) is 33.0. The van der Waals surface area contributed by atoms with Gasteiger partial charge in [0, 0.05) is 33.0 Å². The van der Waals surface area contributed by atoms with E-state index in [9.17, 15) is 0 Å². The third-order valence-electron chi connectivity index (χ3n) is 9.75. The molecule has 7 aromatic rings. The molecule has 0 saturated heterocycles. The van der Waals surface area contributed by atoms with Crippen LogP contribution in [0.5, 0.6) is 0 Å². The Morgan fingerprint density at radius 3 is 2.17 bits per heavy atom. The van der Waals surface area contributed by atoms with Crippen LogP contribution in [0.15, 0.2) is 146 Å². The van der Waals surface area contributed by atoms with Gasteiger partial charge in [0.25, 0.3) is 0 Å². The average Bonchev–Trinajstić information content (AvgIpc) is 3.55. The number of aromatic nitrogens is 3. The number of aryl methyl sites for hydroxylation is 1. The molecule has 3 nitrogen and oxygen atoms in total. The van der Waals surface area contributed by atoms with Gasteiger partial charge in [0.1, 0.15) is 0 Å². The molecule has 2 heterocycles. The summed E-state index contributed by atoms with van der Waals surface area (Å²) in [6, 6.07) is 43.3. The number of nitrogens with zero attached hydrogens (tertiary/aromatic N) is 3. The Kier molecular flexibility index (Phi) is 7.07. The maximum atomic E-state index is 5.14. The van der Waals surface area contributed by atoms with Crippen molar-refractivity contribution in [1.29, 1.82) is 0 Å². The normalized spacial score (nSPS) is 13.9. The van der Waals surface area contributed by atoms with Gasteiger partial charge in [-0.25, -0.2) is 9.97 Å². The van der Waals surface area contributed by atoms with Crippen LogP contribution < -0.4 is 0 Å². The minimum absolute atomic E-state index is 0.0737. The second-order valence-electron chi connectivity index (χ2n) is 13.3. The van der Waals surface area contributed by atoms with E-state index in [1.54, 1.807) is 0 Å². The number of rotatable bonds is 6. The van der Waals surface area contributed by atoms with Crippen LogP contribution in [0.2, 0.25) is 0 Å². The van der Waals surface area contributed by atoms with Gasteiger partial charge in [-0.2, -0.15) is 0 Å². The van der Waals surface area contributed by atoms with Crippen LogP contribution in [0.4, 0.5) is 0 Å². The molecule has 0 atom stereocenters. The highest BCUT2D eigenvalue weighted by Gasteiger charge is 2.36. The van der Waals surface area contributed by atoms with E-state index in [1.807, 2.05) is 12.1 Å². The van der Waals surface area contributed by atoms with E-state index < -0.39 is 0 Å². The molecular formula is C45H37N3. The van der Waals surface area contributed by atoms with Gasteiger partial charge < -0.3 is 4.57 Å². The summed E-state index contributed by atoms with van der Waals surface area (Å²) >= 11 is 0. The molecule has 0 spiro atoms. The van der Waals surface area contributed by atoms with Crippen LogP contribution in [0.25, 0.3) is 66.7 Å². The zero-order valence-electron chi connectivity index (χ0n) is 27.8. The van der Waals surface area contributed by atoms with Crippen LogP contribution >= 0.6 is 0 Å². The lowest BCUT2D eigenvalue weighted by molar-refractivity contribution is 0.661. The fourth-order valence-electron chi connectivity index (χ4n) is 7.37. The van der Waals surface area contributed by atoms with Crippen molar-refractivity contribution in [3.63, 3.8) is 0 Å². The van der Waals surface area contributed by atoms with Crippen molar-refractivity contribution < 1.29 is 0 Å². The van der Waals surface area contributed by atoms with E-state index in [0.717, 1.165) is 39.3 Å². The van der Waals surface area contributed by atoms with Gasteiger partial charge >= 0.3 is 0 Å². The molecule has 5 aromatic carbocycles. The molecule has 232 valence electrons. The molecule has 2 aromatic heterocycles. The first kappa shape index (κ1) is 29.6. The number of allylic oxidation sites excluding steroid dienone is 5. The summed E-state index contributed by atoms with van der Waals surface area (Å²) in [5, 5.41) is 2.47. The van der Waals surface area contributed by atoms with Gasteiger partial charge in [0.2, 0.25) is 0 Å². The van der Waals surface area contributed by atoms with Crippen LogP contribution in [-0.2, 0) is 5.41 Å². The van der Waals surface area contributed by atoms with Gasteiger partial charge in [-0.15, -0.1) is 0 Å². The Morgan fingerprint density at radius 1 is 0.667 bits per heavy atom. The summed E-state index contributed by atoms with van der Waals surface area (Å²) in [6.45, 7) is 13.0. The largest absolute Gasteiger partial charge is 0.309 e. The fourth-order valence-corrected chi connectivity index (χ4v) is 7.37. The van der Waals surface area contributed by atoms with Crippen molar-refractivity contribution in [3.8, 4) is 33.6 Å². The van der Waals surface area contributed by atoms with Crippen molar-refractivity contribution in [3.05, 3.63) is 169 Å². The van der Waals surface area contributed by atoms with E-state index in [1.165, 1.54) is 44.1 Å². The van der Waals surface area contributed by atoms with Crippen LogP contribution in [-0.4, -0.2) is 14.5 Å². The number of benzene rings is 5. The first-order chi connectivity index (χ1) is 23.3. The highest BCUT2D eigenvalue weighted by Crippen LogP contribution is 2.51. The van der Waals surface area contributed by atoms with Gasteiger partial charge in [-0.05, 0) is 84.2 Å². The number of fused-ring (bicyclic) bond motifs is 6. The second-order valence-corrected chi connectivity index (χ2v) is 13.3. The summed E-state index contributed by atoms with van der Waals surface area (Å²) in [5.74, 6) is 0.695. The third-order valence-corrected chi connectivity index (χ3v) is 9.75. The molecule has 0 bridgehead atoms. The van der Waals surface area contributed by atoms with Gasteiger partial charge in [0.15, 0.2) is 5.82 Å². The maximum absolute atomic E-state index is 5.14. The van der Waals surface area contributed by atoms with Crippen molar-refractivity contribution in [1.82, 2.24) is 14.5 Å². The molecule has 0 saturated carbocycles. The Labute approximate surface area is 282 Å². The summed E-state index contributed by atoms with van der Waals surface area (Å²) in [4.78, 5) is 10.3. The smallest absolute Gasteiger partial charge is 0.156 e. The van der Waals surface area contributed by atoms with E-state index in [0.29, 0.717) is 5.82 Å². The molecule has 0 aliphatic heterocycles. The fraction of sp³-hybridized carbons (Fsp3) is 0.111. The van der Waals surface area contributed by atoms with Crippen molar-refractivity contribution >= 4 is 33.1 Å². The lowest BCUT2D eigenvalue weighted by Gasteiger charge is -2.21.